The average molecular weight is 338 g/mol. The number of hydrogen-bond donors (Lipinski definition) is 2. The summed E-state index contributed by atoms with van der Waals surface area (Å²) in [5.74, 6) is 0.0350. The molecule has 25 heavy (non-hydrogen) atoms. The Balaban J connectivity index is 1.35. The Labute approximate surface area is 149 Å². The van der Waals surface area contributed by atoms with Crippen LogP contribution >= 0.6 is 0 Å². The number of aryl methyl sites for hydroxylation is 1. The van der Waals surface area contributed by atoms with Crippen molar-refractivity contribution in [3.05, 3.63) is 65.2 Å². The summed E-state index contributed by atoms with van der Waals surface area (Å²) in [5.41, 5.74) is 10.1. The van der Waals surface area contributed by atoms with Crippen molar-refractivity contribution in [2.24, 2.45) is 0 Å². The Bertz CT molecular complexity index is 697. The van der Waals surface area contributed by atoms with Gasteiger partial charge in [0, 0.05) is 18.8 Å². The lowest BCUT2D eigenvalue weighted by atomic mass is 9.89. The molecule has 1 amide bonds. The van der Waals surface area contributed by atoms with Gasteiger partial charge in [-0.3, -0.25) is 4.79 Å². The molecule has 0 aliphatic heterocycles. The van der Waals surface area contributed by atoms with Crippen LogP contribution < -0.4 is 11.1 Å². The number of nitrogens with two attached hydrogens (primary N) is 1. The van der Waals surface area contributed by atoms with E-state index in [4.69, 9.17) is 10.5 Å². The predicted octanol–water partition coefficient (Wildman–Crippen LogP) is 3.41. The number of benzene rings is 2. The van der Waals surface area contributed by atoms with Gasteiger partial charge in [0.15, 0.2) is 0 Å². The monoisotopic (exact) mass is 338 g/mol. The molecule has 0 fully saturated rings. The number of rotatable bonds is 7. The van der Waals surface area contributed by atoms with Crippen molar-refractivity contribution in [3.8, 4) is 0 Å². The van der Waals surface area contributed by atoms with Gasteiger partial charge in [-0.15, -0.1) is 0 Å². The normalized spacial score (nSPS) is 16.2. The SMILES string of the molecule is Nc1ccc(CC(=O)NCCCOC2CCCc3ccccc32)cc1. The van der Waals surface area contributed by atoms with E-state index >= 15 is 0 Å². The molecule has 0 heterocycles. The van der Waals surface area contributed by atoms with E-state index < -0.39 is 0 Å². The number of anilines is 1. The van der Waals surface area contributed by atoms with Crippen LogP contribution in [0.25, 0.3) is 0 Å². The molecule has 0 aromatic heterocycles. The van der Waals surface area contributed by atoms with Crippen LogP contribution in [-0.2, 0) is 22.4 Å². The second-order valence-corrected chi connectivity index (χ2v) is 6.57. The molecule has 1 unspecified atom stereocenters. The highest BCUT2D eigenvalue weighted by molar-refractivity contribution is 5.78. The number of carbonyl (C=O) groups is 1. The van der Waals surface area contributed by atoms with E-state index in [1.165, 1.54) is 17.5 Å². The van der Waals surface area contributed by atoms with Gasteiger partial charge in [-0.2, -0.15) is 0 Å². The van der Waals surface area contributed by atoms with Crippen molar-refractivity contribution in [1.29, 1.82) is 0 Å². The first-order valence-electron chi connectivity index (χ1n) is 9.03. The molecule has 0 bridgehead atoms. The van der Waals surface area contributed by atoms with E-state index in [9.17, 15) is 4.79 Å². The maximum Gasteiger partial charge on any atom is 0.224 e. The lowest BCUT2D eigenvalue weighted by Gasteiger charge is -2.25. The number of fused-ring (bicyclic) bond motifs is 1. The van der Waals surface area contributed by atoms with Gasteiger partial charge in [-0.1, -0.05) is 36.4 Å². The average Bonchev–Trinajstić information content (AvgIpc) is 2.63. The molecular weight excluding hydrogens is 312 g/mol. The van der Waals surface area contributed by atoms with Gasteiger partial charge in [0.2, 0.25) is 5.91 Å². The first-order chi connectivity index (χ1) is 12.2. The Morgan fingerprint density at radius 3 is 2.80 bits per heavy atom. The summed E-state index contributed by atoms with van der Waals surface area (Å²) in [6.07, 6.45) is 4.83. The van der Waals surface area contributed by atoms with Crippen LogP contribution in [0.3, 0.4) is 0 Å². The molecular formula is C21H26N2O2. The van der Waals surface area contributed by atoms with Crippen LogP contribution in [0, 0.1) is 0 Å². The fourth-order valence-corrected chi connectivity index (χ4v) is 3.29. The third-order valence-electron chi connectivity index (χ3n) is 4.62. The Kier molecular flexibility index (Phi) is 6.07. The number of nitrogen functional groups attached to an aromatic ring is 1. The highest BCUT2D eigenvalue weighted by atomic mass is 16.5. The summed E-state index contributed by atoms with van der Waals surface area (Å²) in [4.78, 5) is 11.9. The standard InChI is InChI=1S/C21H26N2O2/c22-18-11-9-16(10-12-18)15-21(24)23-13-4-14-25-20-8-3-6-17-5-1-2-7-19(17)20/h1-2,5,7,9-12,20H,3-4,6,8,13-15,22H2,(H,23,24). The number of ether oxygens (including phenoxy) is 1. The highest BCUT2D eigenvalue weighted by Crippen LogP contribution is 2.32. The summed E-state index contributed by atoms with van der Waals surface area (Å²) in [6, 6.07) is 16.0. The first-order valence-corrected chi connectivity index (χ1v) is 9.03. The lowest BCUT2D eigenvalue weighted by Crippen LogP contribution is -2.27. The van der Waals surface area contributed by atoms with Crippen LogP contribution in [0.2, 0.25) is 0 Å². The lowest BCUT2D eigenvalue weighted by molar-refractivity contribution is -0.120. The second kappa shape index (κ2) is 8.67. The van der Waals surface area contributed by atoms with E-state index in [0.29, 0.717) is 25.3 Å². The fraction of sp³-hybridized carbons (Fsp3) is 0.381. The van der Waals surface area contributed by atoms with Crippen molar-refractivity contribution in [1.82, 2.24) is 5.32 Å². The van der Waals surface area contributed by atoms with Crippen LogP contribution in [0.1, 0.15) is 42.1 Å². The second-order valence-electron chi connectivity index (χ2n) is 6.57. The molecule has 4 nitrogen and oxygen atoms in total. The molecule has 1 aliphatic rings. The topological polar surface area (TPSA) is 64.4 Å². The Morgan fingerprint density at radius 1 is 1.16 bits per heavy atom. The van der Waals surface area contributed by atoms with Gasteiger partial charge in [-0.25, -0.2) is 0 Å². The van der Waals surface area contributed by atoms with Gasteiger partial charge >= 0.3 is 0 Å². The number of nitrogens with one attached hydrogen (secondary N) is 1. The quantitative estimate of drug-likeness (QED) is 0.601. The zero-order valence-electron chi connectivity index (χ0n) is 14.5. The first kappa shape index (κ1) is 17.5. The predicted molar refractivity (Wildman–Crippen MR) is 100 cm³/mol. The Morgan fingerprint density at radius 2 is 1.96 bits per heavy atom. The highest BCUT2D eigenvalue weighted by Gasteiger charge is 2.19. The maximum atomic E-state index is 11.9. The van der Waals surface area contributed by atoms with E-state index in [1.807, 2.05) is 24.3 Å². The van der Waals surface area contributed by atoms with Crippen molar-refractivity contribution in [2.75, 3.05) is 18.9 Å². The molecule has 4 heteroatoms. The molecule has 2 aromatic rings. The largest absolute Gasteiger partial charge is 0.399 e. The molecule has 0 radical (unpaired) electrons. The molecule has 3 N–H and O–H groups in total. The van der Waals surface area contributed by atoms with Crippen molar-refractivity contribution < 1.29 is 9.53 Å². The number of hydrogen-bond acceptors (Lipinski definition) is 3. The molecule has 2 aromatic carbocycles. The maximum absolute atomic E-state index is 11.9. The van der Waals surface area contributed by atoms with Crippen molar-refractivity contribution in [2.45, 2.75) is 38.2 Å². The van der Waals surface area contributed by atoms with E-state index in [1.54, 1.807) is 0 Å². The van der Waals surface area contributed by atoms with Gasteiger partial charge in [0.05, 0.1) is 12.5 Å². The van der Waals surface area contributed by atoms with Crippen molar-refractivity contribution >= 4 is 11.6 Å². The van der Waals surface area contributed by atoms with Crippen molar-refractivity contribution in [3.63, 3.8) is 0 Å². The van der Waals surface area contributed by atoms with Gasteiger partial charge in [0.1, 0.15) is 0 Å². The minimum absolute atomic E-state index is 0.0350. The van der Waals surface area contributed by atoms with Crippen LogP contribution in [0.15, 0.2) is 48.5 Å². The van der Waals surface area contributed by atoms with Crippen LogP contribution in [-0.4, -0.2) is 19.1 Å². The Hall–Kier alpha value is -2.33. The van der Waals surface area contributed by atoms with Gasteiger partial charge < -0.3 is 15.8 Å². The van der Waals surface area contributed by atoms with E-state index in [2.05, 4.69) is 29.6 Å². The molecule has 0 saturated heterocycles. The summed E-state index contributed by atoms with van der Waals surface area (Å²) in [7, 11) is 0. The van der Waals surface area contributed by atoms with E-state index in [0.717, 1.165) is 24.8 Å². The van der Waals surface area contributed by atoms with Crippen LogP contribution in [0.4, 0.5) is 5.69 Å². The summed E-state index contributed by atoms with van der Waals surface area (Å²) < 4.78 is 6.06. The fourth-order valence-electron chi connectivity index (χ4n) is 3.29. The summed E-state index contributed by atoms with van der Waals surface area (Å²) in [6.45, 7) is 1.31. The zero-order valence-corrected chi connectivity index (χ0v) is 14.5. The third-order valence-corrected chi connectivity index (χ3v) is 4.62. The van der Waals surface area contributed by atoms with Gasteiger partial charge in [-0.05, 0) is 54.5 Å². The minimum Gasteiger partial charge on any atom is -0.399 e. The van der Waals surface area contributed by atoms with Gasteiger partial charge in [0.25, 0.3) is 0 Å². The molecule has 1 aliphatic carbocycles. The number of carbonyl (C=O) groups excluding carboxylic acids is 1. The molecule has 132 valence electrons. The van der Waals surface area contributed by atoms with E-state index in [-0.39, 0.29) is 12.0 Å². The molecule has 0 spiro atoms. The summed E-state index contributed by atoms with van der Waals surface area (Å²) >= 11 is 0. The molecule has 1 atom stereocenters. The zero-order chi connectivity index (χ0) is 17.5. The molecule has 0 saturated carbocycles. The molecule has 3 rings (SSSR count). The summed E-state index contributed by atoms with van der Waals surface area (Å²) in [5, 5.41) is 2.95. The minimum atomic E-state index is 0.0350. The van der Waals surface area contributed by atoms with Crippen LogP contribution in [0.5, 0.6) is 0 Å². The smallest absolute Gasteiger partial charge is 0.224 e. The third kappa shape index (κ3) is 5.07. The number of amides is 1.